The molecule has 7 heteroatoms. The molecule has 3 rings (SSSR count). The highest BCUT2D eigenvalue weighted by molar-refractivity contribution is 5.95. The van der Waals surface area contributed by atoms with Crippen molar-refractivity contribution in [1.29, 1.82) is 0 Å². The van der Waals surface area contributed by atoms with Crippen LogP contribution in [0.4, 0.5) is 0 Å². The topological polar surface area (TPSA) is 79.1 Å². The minimum atomic E-state index is -0.0994. The van der Waals surface area contributed by atoms with E-state index in [0.717, 1.165) is 11.3 Å². The highest BCUT2D eigenvalue weighted by atomic mass is 16.5. The number of hydrogen-bond acceptors (Lipinski definition) is 6. The van der Waals surface area contributed by atoms with Crippen LogP contribution in [0, 0.1) is 0 Å². The third kappa shape index (κ3) is 4.00. The molecule has 0 N–H and O–H groups in total. The zero-order chi connectivity index (χ0) is 17.6. The van der Waals surface area contributed by atoms with Gasteiger partial charge in [-0.2, -0.15) is 4.80 Å². The van der Waals surface area contributed by atoms with Crippen LogP contribution in [0.3, 0.4) is 0 Å². The van der Waals surface area contributed by atoms with E-state index in [1.54, 1.807) is 31.4 Å². The Kier molecular flexibility index (Phi) is 5.03. The number of benzene rings is 2. The van der Waals surface area contributed by atoms with Gasteiger partial charge in [-0.15, -0.1) is 10.2 Å². The van der Waals surface area contributed by atoms with Crippen molar-refractivity contribution in [2.75, 3.05) is 13.7 Å². The largest absolute Gasteiger partial charge is 0.497 e. The molecule has 2 aromatic carbocycles. The molecule has 0 fully saturated rings. The number of ether oxygens (including phenoxy) is 2. The molecule has 0 saturated heterocycles. The van der Waals surface area contributed by atoms with Crippen molar-refractivity contribution in [3.63, 3.8) is 0 Å². The zero-order valence-electron chi connectivity index (χ0n) is 14.0. The van der Waals surface area contributed by atoms with Crippen molar-refractivity contribution in [1.82, 2.24) is 20.2 Å². The van der Waals surface area contributed by atoms with E-state index in [0.29, 0.717) is 23.7 Å². The van der Waals surface area contributed by atoms with Crippen LogP contribution in [0.2, 0.25) is 0 Å². The summed E-state index contributed by atoms with van der Waals surface area (Å²) in [6.45, 7) is 2.52. The van der Waals surface area contributed by atoms with Gasteiger partial charge in [0.2, 0.25) is 5.82 Å². The number of methoxy groups -OCH3 is 1. The fourth-order valence-electron chi connectivity index (χ4n) is 2.31. The summed E-state index contributed by atoms with van der Waals surface area (Å²) < 4.78 is 10.6. The van der Waals surface area contributed by atoms with E-state index < -0.39 is 0 Å². The Labute approximate surface area is 145 Å². The molecule has 0 saturated carbocycles. The van der Waals surface area contributed by atoms with Crippen molar-refractivity contribution in [2.24, 2.45) is 0 Å². The van der Waals surface area contributed by atoms with Crippen molar-refractivity contribution >= 4 is 5.78 Å². The maximum atomic E-state index is 12.3. The highest BCUT2D eigenvalue weighted by Gasteiger charge is 2.12. The summed E-state index contributed by atoms with van der Waals surface area (Å²) in [5.41, 5.74) is 1.35. The lowest BCUT2D eigenvalue weighted by Gasteiger charge is -2.04. The predicted octanol–water partition coefficient (Wildman–Crippen LogP) is 2.63. The highest BCUT2D eigenvalue weighted by Crippen LogP contribution is 2.20. The van der Waals surface area contributed by atoms with E-state index in [1.807, 2.05) is 31.2 Å². The van der Waals surface area contributed by atoms with E-state index in [2.05, 4.69) is 15.4 Å². The lowest BCUT2D eigenvalue weighted by Crippen LogP contribution is -2.13. The predicted molar refractivity (Wildman–Crippen MR) is 91.7 cm³/mol. The Morgan fingerprint density at radius 2 is 1.92 bits per heavy atom. The first-order chi connectivity index (χ1) is 12.2. The van der Waals surface area contributed by atoms with Crippen LogP contribution in [0.5, 0.6) is 11.5 Å². The molecule has 0 spiro atoms. The molecule has 0 aliphatic carbocycles. The third-order valence-corrected chi connectivity index (χ3v) is 3.55. The second-order valence-electron chi connectivity index (χ2n) is 5.26. The molecule has 0 atom stereocenters. The minimum Gasteiger partial charge on any atom is -0.497 e. The normalized spacial score (nSPS) is 10.5. The number of aromatic nitrogens is 4. The lowest BCUT2D eigenvalue weighted by atomic mass is 10.1. The zero-order valence-corrected chi connectivity index (χ0v) is 14.0. The van der Waals surface area contributed by atoms with Gasteiger partial charge in [0.05, 0.1) is 13.7 Å². The van der Waals surface area contributed by atoms with Crippen LogP contribution in [-0.4, -0.2) is 39.7 Å². The Balaban J connectivity index is 1.71. The van der Waals surface area contributed by atoms with Gasteiger partial charge in [0, 0.05) is 11.1 Å². The summed E-state index contributed by atoms with van der Waals surface area (Å²) in [4.78, 5) is 13.6. The molecule has 1 heterocycles. The second-order valence-corrected chi connectivity index (χ2v) is 5.26. The van der Waals surface area contributed by atoms with Crippen molar-refractivity contribution in [2.45, 2.75) is 13.5 Å². The van der Waals surface area contributed by atoms with Crippen molar-refractivity contribution < 1.29 is 14.3 Å². The molecule has 0 aliphatic rings. The van der Waals surface area contributed by atoms with E-state index >= 15 is 0 Å². The van der Waals surface area contributed by atoms with Gasteiger partial charge in [-0.25, -0.2) is 0 Å². The number of hydrogen-bond donors (Lipinski definition) is 0. The number of ketones is 1. The molecule has 0 bridgehead atoms. The van der Waals surface area contributed by atoms with Crippen LogP contribution in [0.15, 0.2) is 48.5 Å². The van der Waals surface area contributed by atoms with E-state index in [4.69, 9.17) is 9.47 Å². The monoisotopic (exact) mass is 338 g/mol. The molecule has 0 amide bonds. The van der Waals surface area contributed by atoms with E-state index in [9.17, 15) is 4.79 Å². The molecule has 0 radical (unpaired) electrons. The number of carbonyl (C=O) groups is 1. The first-order valence-corrected chi connectivity index (χ1v) is 7.88. The standard InChI is InChI=1S/C18H18N4O3/c1-3-25-15-9-7-13(8-10-15)17(23)12-22-20-18(19-21-22)14-5-4-6-16(11-14)24-2/h4-11H,3,12H2,1-2H3. The van der Waals surface area contributed by atoms with Gasteiger partial charge in [-0.3, -0.25) is 4.79 Å². The van der Waals surface area contributed by atoms with Crippen LogP contribution >= 0.6 is 0 Å². The molecule has 0 aliphatic heterocycles. The lowest BCUT2D eigenvalue weighted by molar-refractivity contribution is 0.0961. The molecule has 3 aromatic rings. The number of nitrogens with zero attached hydrogens (tertiary/aromatic N) is 4. The average Bonchev–Trinajstić information content (AvgIpc) is 3.11. The third-order valence-electron chi connectivity index (χ3n) is 3.55. The molecular weight excluding hydrogens is 320 g/mol. The van der Waals surface area contributed by atoms with Crippen molar-refractivity contribution in [3.05, 3.63) is 54.1 Å². The quantitative estimate of drug-likeness (QED) is 0.616. The average molecular weight is 338 g/mol. The molecular formula is C18H18N4O3. The Hall–Kier alpha value is -3.22. The van der Waals surface area contributed by atoms with Crippen molar-refractivity contribution in [3.8, 4) is 22.9 Å². The number of carbonyl (C=O) groups excluding carboxylic acids is 1. The maximum Gasteiger partial charge on any atom is 0.205 e. The van der Waals surface area contributed by atoms with Gasteiger partial charge in [0.25, 0.3) is 0 Å². The Morgan fingerprint density at radius 3 is 2.64 bits per heavy atom. The fraction of sp³-hybridized carbons (Fsp3) is 0.222. The van der Waals surface area contributed by atoms with Gasteiger partial charge in [0.15, 0.2) is 5.78 Å². The van der Waals surface area contributed by atoms with Gasteiger partial charge in [-0.05, 0) is 48.5 Å². The molecule has 128 valence electrons. The Bertz CT molecular complexity index is 859. The van der Waals surface area contributed by atoms with Crippen LogP contribution < -0.4 is 9.47 Å². The maximum absolute atomic E-state index is 12.3. The summed E-state index contributed by atoms with van der Waals surface area (Å²) in [6.07, 6.45) is 0. The molecule has 1 aromatic heterocycles. The van der Waals surface area contributed by atoms with Gasteiger partial charge < -0.3 is 9.47 Å². The first-order valence-electron chi connectivity index (χ1n) is 7.88. The summed E-state index contributed by atoms with van der Waals surface area (Å²) in [5.74, 6) is 1.79. The molecule has 7 nitrogen and oxygen atoms in total. The molecule has 0 unspecified atom stereocenters. The SMILES string of the molecule is CCOc1ccc(C(=O)Cn2nnc(-c3cccc(OC)c3)n2)cc1. The fourth-order valence-corrected chi connectivity index (χ4v) is 2.31. The number of Topliss-reactive ketones (excluding diaryl/α,β-unsaturated/α-hetero) is 1. The second kappa shape index (κ2) is 7.57. The summed E-state index contributed by atoms with van der Waals surface area (Å²) in [7, 11) is 1.60. The number of rotatable bonds is 7. The van der Waals surface area contributed by atoms with E-state index in [1.165, 1.54) is 4.80 Å². The Morgan fingerprint density at radius 1 is 1.12 bits per heavy atom. The van der Waals surface area contributed by atoms with Crippen LogP contribution in [0.25, 0.3) is 11.4 Å². The number of tetrazole rings is 1. The summed E-state index contributed by atoms with van der Waals surface area (Å²) in [5, 5.41) is 12.2. The van der Waals surface area contributed by atoms with Crippen LogP contribution in [0.1, 0.15) is 17.3 Å². The minimum absolute atomic E-state index is 0.0188. The summed E-state index contributed by atoms with van der Waals surface area (Å²) >= 11 is 0. The van der Waals surface area contributed by atoms with Gasteiger partial charge in [0.1, 0.15) is 18.0 Å². The summed E-state index contributed by atoms with van der Waals surface area (Å²) in [6, 6.07) is 14.4. The van der Waals surface area contributed by atoms with Crippen LogP contribution in [-0.2, 0) is 6.54 Å². The first kappa shape index (κ1) is 16.6. The van der Waals surface area contributed by atoms with Gasteiger partial charge >= 0.3 is 0 Å². The van der Waals surface area contributed by atoms with E-state index in [-0.39, 0.29) is 12.3 Å². The van der Waals surface area contributed by atoms with Gasteiger partial charge in [-0.1, -0.05) is 12.1 Å². The smallest absolute Gasteiger partial charge is 0.205 e. The molecule has 25 heavy (non-hydrogen) atoms.